The van der Waals surface area contributed by atoms with Crippen LogP contribution in [0.15, 0.2) is 6.07 Å². The zero-order valence-electron chi connectivity index (χ0n) is 9.66. The lowest BCUT2D eigenvalue weighted by Crippen LogP contribution is -2.17. The van der Waals surface area contributed by atoms with Crippen LogP contribution in [0, 0.1) is 0 Å². The molecule has 1 N–H and O–H groups in total. The van der Waals surface area contributed by atoms with Crippen LogP contribution in [-0.2, 0) is 9.84 Å². The van der Waals surface area contributed by atoms with Gasteiger partial charge in [0.05, 0.1) is 8.67 Å². The van der Waals surface area contributed by atoms with Gasteiger partial charge >= 0.3 is 0 Å². The maximum atomic E-state index is 11.0. The molecule has 98 valence electrons. The van der Waals surface area contributed by atoms with Gasteiger partial charge in [-0.3, -0.25) is 0 Å². The lowest BCUT2D eigenvalue weighted by molar-refractivity contribution is 0.537. The molecule has 1 aromatic rings. The standard InChI is InChI=1S/C10H15Cl2NO2S2/c1-13-8(4-3-5-17(2,14)15)7-6-9(11)16-10(7)12/h6,8,13H,3-5H2,1-2H3. The second-order valence-electron chi connectivity index (χ2n) is 3.89. The lowest BCUT2D eigenvalue weighted by atomic mass is 10.1. The van der Waals surface area contributed by atoms with Gasteiger partial charge in [0.25, 0.3) is 0 Å². The lowest BCUT2D eigenvalue weighted by Gasteiger charge is -2.15. The topological polar surface area (TPSA) is 46.2 Å². The van der Waals surface area contributed by atoms with E-state index >= 15 is 0 Å². The second-order valence-corrected chi connectivity index (χ2v) is 8.44. The molecule has 0 aliphatic carbocycles. The molecule has 0 radical (unpaired) electrons. The highest BCUT2D eigenvalue weighted by molar-refractivity contribution is 7.90. The van der Waals surface area contributed by atoms with E-state index in [1.165, 1.54) is 17.6 Å². The van der Waals surface area contributed by atoms with Crippen molar-refractivity contribution in [3.63, 3.8) is 0 Å². The Morgan fingerprint density at radius 3 is 2.53 bits per heavy atom. The van der Waals surface area contributed by atoms with Gasteiger partial charge in [0.2, 0.25) is 0 Å². The first-order valence-electron chi connectivity index (χ1n) is 5.13. The number of thiophene rings is 1. The van der Waals surface area contributed by atoms with Crippen LogP contribution in [-0.4, -0.2) is 27.5 Å². The highest BCUT2D eigenvalue weighted by atomic mass is 35.5. The molecule has 1 rings (SSSR count). The summed E-state index contributed by atoms with van der Waals surface area (Å²) in [6, 6.07) is 1.88. The molecule has 0 aliphatic heterocycles. The van der Waals surface area contributed by atoms with E-state index in [2.05, 4.69) is 5.32 Å². The van der Waals surface area contributed by atoms with Gasteiger partial charge in [-0.25, -0.2) is 8.42 Å². The Morgan fingerprint density at radius 1 is 1.47 bits per heavy atom. The van der Waals surface area contributed by atoms with E-state index in [1.807, 2.05) is 13.1 Å². The molecule has 0 aromatic carbocycles. The van der Waals surface area contributed by atoms with Crippen LogP contribution in [0.2, 0.25) is 8.67 Å². The Balaban J connectivity index is 2.63. The molecule has 0 saturated carbocycles. The summed E-state index contributed by atoms with van der Waals surface area (Å²) in [6.45, 7) is 0. The van der Waals surface area contributed by atoms with Crippen LogP contribution in [0.25, 0.3) is 0 Å². The minimum atomic E-state index is -2.90. The Labute approximate surface area is 116 Å². The average Bonchev–Trinajstić information content (AvgIpc) is 2.51. The maximum absolute atomic E-state index is 11.0. The molecule has 1 atom stereocenters. The zero-order chi connectivity index (χ0) is 13.1. The van der Waals surface area contributed by atoms with Gasteiger partial charge < -0.3 is 5.32 Å². The number of hydrogen-bond donors (Lipinski definition) is 1. The first kappa shape index (κ1) is 15.2. The summed E-state index contributed by atoms with van der Waals surface area (Å²) >= 11 is 13.3. The third-order valence-corrected chi connectivity index (χ3v) is 4.96. The predicted molar refractivity (Wildman–Crippen MR) is 75.1 cm³/mol. The fourth-order valence-electron chi connectivity index (χ4n) is 1.60. The van der Waals surface area contributed by atoms with Crippen molar-refractivity contribution in [3.8, 4) is 0 Å². The fraction of sp³-hybridized carbons (Fsp3) is 0.600. The Hall–Kier alpha value is 0.190. The number of hydrogen-bond acceptors (Lipinski definition) is 4. The Morgan fingerprint density at radius 2 is 2.12 bits per heavy atom. The third kappa shape index (κ3) is 5.14. The highest BCUT2D eigenvalue weighted by Crippen LogP contribution is 2.36. The second kappa shape index (κ2) is 6.38. The van der Waals surface area contributed by atoms with Crippen molar-refractivity contribution in [2.45, 2.75) is 18.9 Å². The van der Waals surface area contributed by atoms with Gasteiger partial charge in [0.1, 0.15) is 9.84 Å². The monoisotopic (exact) mass is 315 g/mol. The molecule has 0 fully saturated rings. The van der Waals surface area contributed by atoms with E-state index in [4.69, 9.17) is 23.2 Å². The van der Waals surface area contributed by atoms with Crippen LogP contribution in [0.5, 0.6) is 0 Å². The number of halogens is 2. The molecule has 1 aromatic heterocycles. The summed E-state index contributed by atoms with van der Waals surface area (Å²) in [4.78, 5) is 0. The summed E-state index contributed by atoms with van der Waals surface area (Å²) < 4.78 is 23.4. The van der Waals surface area contributed by atoms with E-state index in [-0.39, 0.29) is 11.8 Å². The molecule has 17 heavy (non-hydrogen) atoms. The summed E-state index contributed by atoms with van der Waals surface area (Å²) in [5.74, 6) is 0.195. The largest absolute Gasteiger partial charge is 0.313 e. The van der Waals surface area contributed by atoms with Crippen LogP contribution < -0.4 is 5.32 Å². The molecular formula is C10H15Cl2NO2S2. The quantitative estimate of drug-likeness (QED) is 0.877. The van der Waals surface area contributed by atoms with Gasteiger partial charge in [-0.2, -0.15) is 0 Å². The predicted octanol–water partition coefficient (Wildman–Crippen LogP) is 3.14. The van der Waals surface area contributed by atoms with E-state index in [0.29, 0.717) is 15.1 Å². The van der Waals surface area contributed by atoms with Crippen LogP contribution >= 0.6 is 34.5 Å². The normalized spacial score (nSPS) is 13.9. The smallest absolute Gasteiger partial charge is 0.147 e. The van der Waals surface area contributed by atoms with Crippen LogP contribution in [0.4, 0.5) is 0 Å². The average molecular weight is 316 g/mol. The van der Waals surface area contributed by atoms with Gasteiger partial charge in [-0.15, -0.1) is 11.3 Å². The fourth-order valence-corrected chi connectivity index (χ4v) is 3.87. The molecule has 1 unspecified atom stereocenters. The number of rotatable bonds is 6. The number of nitrogens with one attached hydrogen (secondary N) is 1. The highest BCUT2D eigenvalue weighted by Gasteiger charge is 2.16. The number of sulfone groups is 1. The van der Waals surface area contributed by atoms with E-state index in [0.717, 1.165) is 12.0 Å². The Kier molecular flexibility index (Phi) is 5.73. The third-order valence-electron chi connectivity index (χ3n) is 2.41. The van der Waals surface area contributed by atoms with Crippen molar-refractivity contribution in [2.75, 3.05) is 19.1 Å². The van der Waals surface area contributed by atoms with Gasteiger partial charge in [0.15, 0.2) is 0 Å². The molecule has 0 aliphatic rings. The van der Waals surface area contributed by atoms with Gasteiger partial charge in [-0.05, 0) is 26.0 Å². The van der Waals surface area contributed by atoms with Crippen molar-refractivity contribution in [2.24, 2.45) is 0 Å². The van der Waals surface area contributed by atoms with Crippen molar-refractivity contribution >= 4 is 44.4 Å². The molecule has 0 amide bonds. The molecule has 7 heteroatoms. The van der Waals surface area contributed by atoms with Crippen molar-refractivity contribution in [1.29, 1.82) is 0 Å². The molecule has 0 spiro atoms. The summed E-state index contributed by atoms with van der Waals surface area (Å²) in [6.07, 6.45) is 2.57. The molecule has 0 saturated heterocycles. The van der Waals surface area contributed by atoms with Crippen molar-refractivity contribution in [1.82, 2.24) is 5.32 Å². The van der Waals surface area contributed by atoms with E-state index in [9.17, 15) is 8.42 Å². The van der Waals surface area contributed by atoms with Gasteiger partial charge in [-0.1, -0.05) is 23.2 Å². The van der Waals surface area contributed by atoms with Gasteiger partial charge in [0, 0.05) is 23.6 Å². The van der Waals surface area contributed by atoms with Crippen molar-refractivity contribution < 1.29 is 8.42 Å². The van der Waals surface area contributed by atoms with Crippen molar-refractivity contribution in [3.05, 3.63) is 20.3 Å². The maximum Gasteiger partial charge on any atom is 0.147 e. The first-order valence-corrected chi connectivity index (χ1v) is 8.76. The summed E-state index contributed by atoms with van der Waals surface area (Å²) in [7, 11) is -1.07. The molecular weight excluding hydrogens is 301 g/mol. The summed E-state index contributed by atoms with van der Waals surface area (Å²) in [5.41, 5.74) is 0.942. The minimum Gasteiger partial charge on any atom is -0.313 e. The zero-order valence-corrected chi connectivity index (χ0v) is 12.8. The van der Waals surface area contributed by atoms with E-state index in [1.54, 1.807) is 0 Å². The van der Waals surface area contributed by atoms with Crippen LogP contribution in [0.1, 0.15) is 24.4 Å². The Bertz CT molecular complexity index is 471. The SMILES string of the molecule is CNC(CCCS(C)(=O)=O)c1cc(Cl)sc1Cl. The van der Waals surface area contributed by atoms with E-state index < -0.39 is 9.84 Å². The summed E-state index contributed by atoms with van der Waals surface area (Å²) in [5, 5.41) is 3.13. The molecule has 1 heterocycles. The molecule has 3 nitrogen and oxygen atoms in total. The van der Waals surface area contributed by atoms with Crippen LogP contribution in [0.3, 0.4) is 0 Å². The first-order chi connectivity index (χ1) is 7.83. The molecule has 0 bridgehead atoms. The minimum absolute atomic E-state index is 0.0491.